The lowest BCUT2D eigenvalue weighted by molar-refractivity contribution is -0.153. The summed E-state index contributed by atoms with van der Waals surface area (Å²) < 4.78 is 10.8. The van der Waals surface area contributed by atoms with E-state index in [4.69, 9.17) is 9.47 Å². The van der Waals surface area contributed by atoms with Crippen LogP contribution in [0.4, 0.5) is 0 Å². The predicted octanol–water partition coefficient (Wildman–Crippen LogP) is 2.79. The Kier molecular flexibility index (Phi) is 7.00. The number of rotatable bonds is 7. The fraction of sp³-hybridized carbons (Fsp3) is 0.364. The Bertz CT molecular complexity index is 909. The first-order valence-electron chi connectivity index (χ1n) is 9.97. The highest BCUT2D eigenvalue weighted by Gasteiger charge is 2.37. The molecule has 1 aliphatic rings. The van der Waals surface area contributed by atoms with Gasteiger partial charge in [-0.15, -0.1) is 0 Å². The van der Waals surface area contributed by atoms with Crippen LogP contribution in [0.2, 0.25) is 0 Å². The molecule has 30 heavy (non-hydrogen) atoms. The molecular weight excluding hydrogens is 386 g/mol. The predicted molar refractivity (Wildman–Crippen MR) is 111 cm³/mol. The summed E-state index contributed by atoms with van der Waals surface area (Å²) >= 11 is 0. The van der Waals surface area contributed by atoms with E-state index in [2.05, 4.69) is 10.3 Å². The molecule has 0 spiro atoms. The highest BCUT2D eigenvalue weighted by atomic mass is 16.5. The molecular formula is C22H27N3O5. The van der Waals surface area contributed by atoms with Gasteiger partial charge in [0, 0.05) is 14.2 Å². The third kappa shape index (κ3) is 4.94. The molecule has 0 bridgehead atoms. The number of aromatic nitrogens is 1. The summed E-state index contributed by atoms with van der Waals surface area (Å²) in [6.45, 7) is 4.03. The van der Waals surface area contributed by atoms with Gasteiger partial charge in [0.25, 0.3) is 5.91 Å². The van der Waals surface area contributed by atoms with Crippen molar-refractivity contribution >= 4 is 17.8 Å². The van der Waals surface area contributed by atoms with Crippen LogP contribution < -0.4 is 10.1 Å². The molecule has 0 saturated carbocycles. The Morgan fingerprint density at radius 3 is 2.73 bits per heavy atom. The summed E-state index contributed by atoms with van der Waals surface area (Å²) in [6, 6.07) is 10.8. The van der Waals surface area contributed by atoms with Gasteiger partial charge < -0.3 is 19.7 Å². The normalized spacial score (nSPS) is 16.6. The topological polar surface area (TPSA) is 97.8 Å². The summed E-state index contributed by atoms with van der Waals surface area (Å²) in [4.78, 5) is 43.4. The minimum absolute atomic E-state index is 0. The van der Waals surface area contributed by atoms with Crippen molar-refractivity contribution in [2.75, 3.05) is 13.2 Å². The number of pyridine rings is 1. The van der Waals surface area contributed by atoms with Crippen LogP contribution in [0.15, 0.2) is 48.7 Å². The summed E-state index contributed by atoms with van der Waals surface area (Å²) in [6.07, 6.45) is 2.80. The molecule has 2 heterocycles. The third-order valence-electron chi connectivity index (χ3n) is 4.79. The van der Waals surface area contributed by atoms with Crippen LogP contribution in [0.25, 0.3) is 0 Å². The SMILES string of the molecule is CCOC(=O)C1CCCN1C(=O)C(C)NC(=O)c1cccnc1Oc1ccccc1.[HH]. The lowest BCUT2D eigenvalue weighted by Crippen LogP contribution is -2.50. The van der Waals surface area contributed by atoms with Crippen LogP contribution in [-0.4, -0.2) is 52.9 Å². The van der Waals surface area contributed by atoms with Gasteiger partial charge in [-0.1, -0.05) is 18.2 Å². The average molecular weight is 413 g/mol. The summed E-state index contributed by atoms with van der Waals surface area (Å²) in [7, 11) is 0. The number of para-hydroxylation sites is 1. The van der Waals surface area contributed by atoms with Crippen molar-refractivity contribution < 1.29 is 25.3 Å². The fourth-order valence-electron chi connectivity index (χ4n) is 3.34. The van der Waals surface area contributed by atoms with Crippen molar-refractivity contribution in [3.8, 4) is 11.6 Å². The number of nitrogens with zero attached hydrogens (tertiary/aromatic N) is 2. The molecule has 160 valence electrons. The van der Waals surface area contributed by atoms with Crippen molar-refractivity contribution in [2.45, 2.75) is 38.8 Å². The number of esters is 1. The molecule has 2 atom stereocenters. The standard InChI is InChI=1S/C22H25N3O5.H2/c1-3-29-22(28)18-12-8-14-25(18)21(27)15(2)24-19(26)17-11-7-13-23-20(17)30-16-9-5-4-6-10-16;/h4-7,9-11,13,15,18H,3,8,12,14H2,1-2H3,(H,24,26);1H. The van der Waals surface area contributed by atoms with E-state index in [1.807, 2.05) is 18.2 Å². The molecule has 8 nitrogen and oxygen atoms in total. The number of ether oxygens (including phenoxy) is 2. The van der Waals surface area contributed by atoms with Gasteiger partial charge in [-0.05, 0) is 51.0 Å². The Balaban J connectivity index is 0.00000341. The van der Waals surface area contributed by atoms with Gasteiger partial charge in [0.15, 0.2) is 0 Å². The van der Waals surface area contributed by atoms with Gasteiger partial charge in [0.05, 0.1) is 6.61 Å². The van der Waals surface area contributed by atoms with Crippen molar-refractivity contribution in [1.82, 2.24) is 15.2 Å². The number of hydrogen-bond donors (Lipinski definition) is 1. The Hall–Kier alpha value is -3.42. The molecule has 3 rings (SSSR count). The molecule has 2 aromatic rings. The summed E-state index contributed by atoms with van der Waals surface area (Å²) in [5.74, 6) is -0.530. The Labute approximate surface area is 176 Å². The van der Waals surface area contributed by atoms with Crippen LogP contribution >= 0.6 is 0 Å². The first kappa shape index (κ1) is 21.3. The van der Waals surface area contributed by atoms with E-state index in [1.54, 1.807) is 38.1 Å². The van der Waals surface area contributed by atoms with E-state index in [0.717, 1.165) is 0 Å². The van der Waals surface area contributed by atoms with Crippen LogP contribution in [0.5, 0.6) is 11.6 Å². The molecule has 2 unspecified atom stereocenters. The molecule has 2 amide bonds. The molecule has 0 aliphatic carbocycles. The van der Waals surface area contributed by atoms with Crippen molar-refractivity contribution in [3.63, 3.8) is 0 Å². The van der Waals surface area contributed by atoms with Gasteiger partial charge in [-0.3, -0.25) is 9.59 Å². The van der Waals surface area contributed by atoms with E-state index in [-0.39, 0.29) is 25.4 Å². The summed E-state index contributed by atoms with van der Waals surface area (Å²) in [5, 5.41) is 2.69. The number of amides is 2. The van der Waals surface area contributed by atoms with E-state index in [1.165, 1.54) is 11.1 Å². The van der Waals surface area contributed by atoms with Gasteiger partial charge >= 0.3 is 5.97 Å². The number of likely N-dealkylation sites (tertiary alicyclic amines) is 1. The van der Waals surface area contributed by atoms with Crippen LogP contribution in [0.1, 0.15) is 38.5 Å². The smallest absolute Gasteiger partial charge is 0.328 e. The maximum Gasteiger partial charge on any atom is 0.328 e. The first-order valence-corrected chi connectivity index (χ1v) is 9.97. The zero-order valence-electron chi connectivity index (χ0n) is 17.0. The molecule has 1 aromatic carbocycles. The third-order valence-corrected chi connectivity index (χ3v) is 4.79. The second-order valence-electron chi connectivity index (χ2n) is 6.91. The minimum atomic E-state index is -0.822. The minimum Gasteiger partial charge on any atom is -0.464 e. The second-order valence-corrected chi connectivity index (χ2v) is 6.91. The van der Waals surface area contributed by atoms with E-state index < -0.39 is 24.0 Å². The molecule has 8 heteroatoms. The molecule has 1 saturated heterocycles. The highest BCUT2D eigenvalue weighted by molar-refractivity contribution is 5.99. The lowest BCUT2D eigenvalue weighted by Gasteiger charge is -2.26. The quantitative estimate of drug-likeness (QED) is 0.701. The largest absolute Gasteiger partial charge is 0.464 e. The van der Waals surface area contributed by atoms with Crippen LogP contribution in [-0.2, 0) is 14.3 Å². The fourth-order valence-corrected chi connectivity index (χ4v) is 3.34. The van der Waals surface area contributed by atoms with Crippen molar-refractivity contribution in [2.24, 2.45) is 0 Å². The molecule has 1 aromatic heterocycles. The second kappa shape index (κ2) is 9.87. The van der Waals surface area contributed by atoms with Gasteiger partial charge in [-0.25, -0.2) is 9.78 Å². The molecule has 1 aliphatic heterocycles. The first-order chi connectivity index (χ1) is 14.5. The van der Waals surface area contributed by atoms with Gasteiger partial charge in [-0.2, -0.15) is 0 Å². The van der Waals surface area contributed by atoms with E-state index in [9.17, 15) is 14.4 Å². The molecule has 0 radical (unpaired) electrons. The van der Waals surface area contributed by atoms with Crippen LogP contribution in [0.3, 0.4) is 0 Å². The maximum atomic E-state index is 12.9. The zero-order valence-corrected chi connectivity index (χ0v) is 17.0. The zero-order chi connectivity index (χ0) is 21.5. The molecule has 1 fully saturated rings. The number of benzene rings is 1. The Morgan fingerprint density at radius 1 is 1.23 bits per heavy atom. The van der Waals surface area contributed by atoms with E-state index in [0.29, 0.717) is 25.1 Å². The monoisotopic (exact) mass is 413 g/mol. The van der Waals surface area contributed by atoms with E-state index >= 15 is 0 Å². The number of nitrogens with one attached hydrogen (secondary N) is 1. The maximum absolute atomic E-state index is 12.9. The lowest BCUT2D eigenvalue weighted by atomic mass is 10.2. The number of carbonyl (C=O) groups excluding carboxylic acids is 3. The highest BCUT2D eigenvalue weighted by Crippen LogP contribution is 2.23. The van der Waals surface area contributed by atoms with Gasteiger partial charge in [0.2, 0.25) is 11.8 Å². The van der Waals surface area contributed by atoms with Crippen LogP contribution in [0, 0.1) is 0 Å². The summed E-state index contributed by atoms with van der Waals surface area (Å²) in [5.41, 5.74) is 0.212. The van der Waals surface area contributed by atoms with Crippen molar-refractivity contribution in [1.29, 1.82) is 0 Å². The Morgan fingerprint density at radius 2 is 2.00 bits per heavy atom. The number of carbonyl (C=O) groups is 3. The van der Waals surface area contributed by atoms with Crippen molar-refractivity contribution in [3.05, 3.63) is 54.2 Å². The average Bonchev–Trinajstić information content (AvgIpc) is 3.24. The van der Waals surface area contributed by atoms with Gasteiger partial charge in [0.1, 0.15) is 23.4 Å². The number of hydrogen-bond acceptors (Lipinski definition) is 6. The molecule has 1 N–H and O–H groups in total.